The fourth-order valence-electron chi connectivity index (χ4n) is 11.2. The highest BCUT2D eigenvalue weighted by atomic mass is 32.1. The summed E-state index contributed by atoms with van der Waals surface area (Å²) < 4.78 is 0. The molecule has 5 aliphatic carbocycles. The van der Waals surface area contributed by atoms with Crippen molar-refractivity contribution in [3.8, 4) is 6.07 Å². The van der Waals surface area contributed by atoms with Gasteiger partial charge in [0.15, 0.2) is 5.78 Å². The fraction of sp³-hybridized carbons (Fsp3) is 0.788. The number of aryl methyl sites for hydroxylation is 1. The highest BCUT2D eigenvalue weighted by molar-refractivity contribution is 7.11. The molecule has 0 bridgehead atoms. The Morgan fingerprint density at radius 1 is 0.923 bits per heavy atom. The molecule has 0 unspecified atom stereocenters. The van der Waals surface area contributed by atoms with Gasteiger partial charge in [-0.15, -0.1) is 21.5 Å². The van der Waals surface area contributed by atoms with Gasteiger partial charge in [-0.1, -0.05) is 54.5 Å². The van der Waals surface area contributed by atoms with Crippen LogP contribution in [-0.4, -0.2) is 21.8 Å². The van der Waals surface area contributed by atoms with Crippen LogP contribution < -0.4 is 0 Å². The van der Waals surface area contributed by atoms with Crippen LogP contribution in [-0.2, 0) is 15.0 Å². The molecule has 6 heteroatoms. The van der Waals surface area contributed by atoms with E-state index in [9.17, 15) is 14.9 Å². The van der Waals surface area contributed by atoms with Crippen molar-refractivity contribution in [2.24, 2.45) is 50.7 Å². The Hall–Kier alpha value is -1.87. The quantitative estimate of drug-likeness (QED) is 0.366. The van der Waals surface area contributed by atoms with Crippen LogP contribution in [0, 0.1) is 69.0 Å². The van der Waals surface area contributed by atoms with Gasteiger partial charge in [0.2, 0.25) is 0 Å². The monoisotopic (exact) mass is 547 g/mol. The Morgan fingerprint density at radius 2 is 1.62 bits per heavy atom. The number of fused-ring (bicyclic) bond motifs is 7. The van der Waals surface area contributed by atoms with Crippen LogP contribution >= 0.6 is 11.3 Å². The second-order valence-electron chi connectivity index (χ2n) is 16.0. The molecule has 6 rings (SSSR count). The SMILES string of the molecule is Cc1nnc([C@]23CCC(C)(C)C[C@@H]2[C@H]2C(=O)C[C@@H]4[C@@]5(C)C=C(C#N)C(=O)C(C)(C)[C@@H]5CC[C@@]4(C)[C@]2(C)CC3)s1. The van der Waals surface area contributed by atoms with E-state index in [2.05, 4.69) is 45.8 Å². The lowest BCUT2D eigenvalue weighted by Gasteiger charge is -2.71. The average molecular weight is 548 g/mol. The summed E-state index contributed by atoms with van der Waals surface area (Å²) in [4.78, 5) is 28.0. The van der Waals surface area contributed by atoms with Gasteiger partial charge in [-0.2, -0.15) is 5.26 Å². The van der Waals surface area contributed by atoms with E-state index in [-0.39, 0.29) is 56.5 Å². The zero-order valence-corrected chi connectivity index (χ0v) is 25.9. The molecule has 0 aliphatic heterocycles. The van der Waals surface area contributed by atoms with Crippen molar-refractivity contribution in [2.75, 3.05) is 0 Å². The van der Waals surface area contributed by atoms with Crippen LogP contribution in [0.5, 0.6) is 0 Å². The maximum absolute atomic E-state index is 14.7. The number of nitrogens with zero attached hydrogens (tertiary/aromatic N) is 3. The topological polar surface area (TPSA) is 83.7 Å². The predicted octanol–water partition coefficient (Wildman–Crippen LogP) is 7.40. The molecule has 0 radical (unpaired) electrons. The fourth-order valence-corrected chi connectivity index (χ4v) is 12.2. The van der Waals surface area contributed by atoms with Crippen molar-refractivity contribution < 1.29 is 9.59 Å². The third kappa shape index (κ3) is 3.35. The van der Waals surface area contributed by atoms with Crippen molar-refractivity contribution in [2.45, 2.75) is 112 Å². The summed E-state index contributed by atoms with van der Waals surface area (Å²) in [5, 5.41) is 21.3. The summed E-state index contributed by atoms with van der Waals surface area (Å²) in [5.74, 6) is 0.937. The summed E-state index contributed by atoms with van der Waals surface area (Å²) in [6, 6.07) is 2.24. The lowest BCUT2D eigenvalue weighted by atomic mass is 9.31. The molecule has 5 aliphatic rings. The molecule has 0 amide bonds. The number of ketones is 2. The molecular weight excluding hydrogens is 502 g/mol. The normalized spacial score (nSPS) is 46.2. The smallest absolute Gasteiger partial charge is 0.178 e. The van der Waals surface area contributed by atoms with E-state index < -0.39 is 5.41 Å². The minimum absolute atomic E-state index is 0.00841. The number of rotatable bonds is 1. The van der Waals surface area contributed by atoms with E-state index in [0.717, 1.165) is 55.0 Å². The molecule has 0 aromatic carbocycles. The van der Waals surface area contributed by atoms with Crippen LogP contribution in [0.1, 0.15) is 110 Å². The van der Waals surface area contributed by atoms with Gasteiger partial charge in [-0.25, -0.2) is 0 Å². The van der Waals surface area contributed by atoms with Crippen LogP contribution in [0.25, 0.3) is 0 Å². The van der Waals surface area contributed by atoms with Gasteiger partial charge in [-0.05, 0) is 91.3 Å². The maximum atomic E-state index is 14.7. The van der Waals surface area contributed by atoms with Crippen molar-refractivity contribution in [1.82, 2.24) is 10.2 Å². The van der Waals surface area contributed by atoms with Crippen molar-refractivity contribution in [1.29, 1.82) is 5.26 Å². The van der Waals surface area contributed by atoms with Gasteiger partial charge >= 0.3 is 0 Å². The van der Waals surface area contributed by atoms with Gasteiger partial charge in [0.25, 0.3) is 0 Å². The maximum Gasteiger partial charge on any atom is 0.178 e. The molecule has 0 N–H and O–H groups in total. The van der Waals surface area contributed by atoms with Gasteiger partial charge in [0.1, 0.15) is 21.9 Å². The number of hydrogen-bond acceptors (Lipinski definition) is 6. The highest BCUT2D eigenvalue weighted by Gasteiger charge is 2.72. The second kappa shape index (κ2) is 8.11. The number of nitriles is 1. The molecule has 0 spiro atoms. The Bertz CT molecular complexity index is 1330. The summed E-state index contributed by atoms with van der Waals surface area (Å²) in [7, 11) is 0. The minimum atomic E-state index is -0.596. The number of aromatic nitrogens is 2. The number of carbonyl (C=O) groups excluding carboxylic acids is 2. The van der Waals surface area contributed by atoms with Crippen LogP contribution in [0.4, 0.5) is 0 Å². The van der Waals surface area contributed by atoms with E-state index in [1.54, 1.807) is 11.3 Å². The number of carbonyl (C=O) groups is 2. The molecule has 1 aromatic heterocycles. The van der Waals surface area contributed by atoms with Gasteiger partial charge in [0, 0.05) is 23.2 Å². The van der Waals surface area contributed by atoms with E-state index in [1.165, 1.54) is 0 Å². The zero-order valence-electron chi connectivity index (χ0n) is 25.1. The molecule has 1 aromatic rings. The van der Waals surface area contributed by atoms with Crippen molar-refractivity contribution in [3.05, 3.63) is 21.7 Å². The molecule has 8 atom stereocenters. The molecule has 0 saturated heterocycles. The average Bonchev–Trinajstić information content (AvgIpc) is 3.29. The highest BCUT2D eigenvalue weighted by Crippen LogP contribution is 2.76. The lowest BCUT2D eigenvalue weighted by molar-refractivity contribution is -0.214. The summed E-state index contributed by atoms with van der Waals surface area (Å²) >= 11 is 1.75. The Balaban J connectivity index is 1.49. The standard InChI is InChI=1S/C33H45N3O2S/c1-19-35-36-27(39-19)33-13-11-28(2,3)17-21(33)25-22(37)15-24-30(6)16-20(18-34)26(38)29(4,5)23(30)9-10-31(24,7)32(25,8)12-14-33/h16,21,23-25H,9-15,17H2,1-8H3/t21-,23+,24-,25+,30+,31-,32-,33+/m1/s1. The molecule has 39 heavy (non-hydrogen) atoms. The van der Waals surface area contributed by atoms with Gasteiger partial charge in [0.05, 0.1) is 5.57 Å². The first-order chi connectivity index (χ1) is 18.1. The number of Topliss-reactive ketones (excluding diaryl/α,β-unsaturated/α-hetero) is 2. The van der Waals surface area contributed by atoms with Crippen LogP contribution in [0.3, 0.4) is 0 Å². The molecule has 5 nitrogen and oxygen atoms in total. The molecular formula is C33H45N3O2S. The van der Waals surface area contributed by atoms with Crippen molar-refractivity contribution in [3.63, 3.8) is 0 Å². The lowest BCUT2D eigenvalue weighted by Crippen LogP contribution is -2.69. The van der Waals surface area contributed by atoms with E-state index in [0.29, 0.717) is 17.8 Å². The predicted molar refractivity (Wildman–Crippen MR) is 153 cm³/mol. The van der Waals surface area contributed by atoms with Crippen LogP contribution in [0.15, 0.2) is 11.6 Å². The van der Waals surface area contributed by atoms with E-state index in [4.69, 9.17) is 5.10 Å². The molecule has 4 saturated carbocycles. The zero-order chi connectivity index (χ0) is 28.4. The van der Waals surface area contributed by atoms with Crippen molar-refractivity contribution >= 4 is 22.9 Å². The van der Waals surface area contributed by atoms with E-state index >= 15 is 0 Å². The minimum Gasteiger partial charge on any atom is -0.299 e. The summed E-state index contributed by atoms with van der Waals surface area (Å²) in [5.41, 5.74) is -0.683. The second-order valence-corrected chi connectivity index (χ2v) is 17.2. The third-order valence-electron chi connectivity index (χ3n) is 13.4. The largest absolute Gasteiger partial charge is 0.299 e. The Labute approximate surface area is 238 Å². The van der Waals surface area contributed by atoms with Gasteiger partial charge in [-0.3, -0.25) is 9.59 Å². The first-order valence-electron chi connectivity index (χ1n) is 15.1. The Kier molecular flexibility index (Phi) is 5.68. The number of hydrogen-bond donors (Lipinski definition) is 0. The summed E-state index contributed by atoms with van der Waals surface area (Å²) in [6.07, 6.45) is 9.93. The van der Waals surface area contributed by atoms with Crippen LogP contribution in [0.2, 0.25) is 0 Å². The molecule has 1 heterocycles. The van der Waals surface area contributed by atoms with Gasteiger partial charge < -0.3 is 0 Å². The molecule has 4 fully saturated rings. The first-order valence-corrected chi connectivity index (χ1v) is 15.9. The number of allylic oxidation sites excluding steroid dienone is 2. The molecule has 210 valence electrons. The Morgan fingerprint density at radius 3 is 2.26 bits per heavy atom. The third-order valence-corrected chi connectivity index (χ3v) is 14.5. The van der Waals surface area contributed by atoms with E-state index in [1.807, 2.05) is 26.8 Å². The summed E-state index contributed by atoms with van der Waals surface area (Å²) in [6.45, 7) is 18.0. The first kappa shape index (κ1) is 27.3.